The van der Waals surface area contributed by atoms with Crippen LogP contribution in [0.4, 0.5) is 0 Å². The molecule has 0 aromatic heterocycles. The highest BCUT2D eigenvalue weighted by atomic mass is 16.5. The van der Waals surface area contributed by atoms with Gasteiger partial charge in [0.05, 0.1) is 13.2 Å². The minimum atomic E-state index is -0.608. The minimum absolute atomic E-state index is 0.117. The molecule has 3 nitrogen and oxygen atoms in total. The SMILES string of the molecule is COc1ccc(C2CC(=O)C(C)(C)C(O)C2)cc1. The van der Waals surface area contributed by atoms with Crippen LogP contribution in [0.2, 0.25) is 0 Å². The molecule has 2 unspecified atom stereocenters. The third-order valence-electron chi connectivity index (χ3n) is 4.08. The number of rotatable bonds is 2. The van der Waals surface area contributed by atoms with E-state index in [1.54, 1.807) is 7.11 Å². The normalized spacial score (nSPS) is 27.0. The predicted octanol–water partition coefficient (Wildman–Crippen LogP) is 2.53. The number of carbonyl (C=O) groups is 1. The third-order valence-corrected chi connectivity index (χ3v) is 4.08. The van der Waals surface area contributed by atoms with Crippen molar-refractivity contribution in [2.45, 2.75) is 38.7 Å². The van der Waals surface area contributed by atoms with Crippen molar-refractivity contribution in [2.24, 2.45) is 5.41 Å². The monoisotopic (exact) mass is 248 g/mol. The number of methoxy groups -OCH3 is 1. The summed E-state index contributed by atoms with van der Waals surface area (Å²) in [6.07, 6.45) is 0.590. The van der Waals surface area contributed by atoms with Gasteiger partial charge in [0.25, 0.3) is 0 Å². The smallest absolute Gasteiger partial charge is 0.141 e. The Labute approximate surface area is 108 Å². The lowest BCUT2D eigenvalue weighted by Gasteiger charge is -2.37. The summed E-state index contributed by atoms with van der Waals surface area (Å²) in [5, 5.41) is 10.1. The Morgan fingerprint density at radius 3 is 2.39 bits per heavy atom. The fourth-order valence-corrected chi connectivity index (χ4v) is 2.45. The number of hydrogen-bond acceptors (Lipinski definition) is 3. The van der Waals surface area contributed by atoms with Gasteiger partial charge in [0.2, 0.25) is 0 Å². The average molecular weight is 248 g/mol. The van der Waals surface area contributed by atoms with Gasteiger partial charge in [0.15, 0.2) is 0 Å². The van der Waals surface area contributed by atoms with Crippen molar-refractivity contribution < 1.29 is 14.6 Å². The van der Waals surface area contributed by atoms with Crippen LogP contribution < -0.4 is 4.74 Å². The molecule has 0 radical (unpaired) electrons. The topological polar surface area (TPSA) is 46.5 Å². The van der Waals surface area contributed by atoms with Crippen molar-refractivity contribution >= 4 is 5.78 Å². The largest absolute Gasteiger partial charge is 0.497 e. The number of ether oxygens (including phenoxy) is 1. The molecule has 1 fully saturated rings. The maximum absolute atomic E-state index is 12.0. The Morgan fingerprint density at radius 2 is 1.89 bits per heavy atom. The molecule has 1 saturated carbocycles. The van der Waals surface area contributed by atoms with Crippen LogP contribution >= 0.6 is 0 Å². The Hall–Kier alpha value is -1.35. The highest BCUT2D eigenvalue weighted by Gasteiger charge is 2.42. The molecule has 0 saturated heterocycles. The highest BCUT2D eigenvalue weighted by molar-refractivity contribution is 5.86. The number of hydrogen-bond donors (Lipinski definition) is 1. The van der Waals surface area contributed by atoms with Crippen molar-refractivity contribution in [1.29, 1.82) is 0 Å². The van der Waals surface area contributed by atoms with E-state index in [0.717, 1.165) is 11.3 Å². The molecule has 3 heteroatoms. The molecular weight excluding hydrogens is 228 g/mol. The summed E-state index contributed by atoms with van der Waals surface area (Å²) < 4.78 is 5.12. The Kier molecular flexibility index (Phi) is 3.44. The first-order valence-electron chi connectivity index (χ1n) is 6.30. The molecule has 2 atom stereocenters. The summed E-state index contributed by atoms with van der Waals surface area (Å²) in [6.45, 7) is 3.65. The molecule has 0 heterocycles. The number of carbonyl (C=O) groups excluding carboxylic acids is 1. The molecule has 0 aliphatic heterocycles. The summed E-state index contributed by atoms with van der Waals surface area (Å²) in [6, 6.07) is 7.74. The zero-order valence-electron chi connectivity index (χ0n) is 11.1. The second kappa shape index (κ2) is 4.73. The molecule has 18 heavy (non-hydrogen) atoms. The number of ketones is 1. The van der Waals surface area contributed by atoms with E-state index in [-0.39, 0.29) is 11.7 Å². The van der Waals surface area contributed by atoms with Gasteiger partial charge in [0, 0.05) is 11.8 Å². The summed E-state index contributed by atoms with van der Waals surface area (Å²) in [4.78, 5) is 12.0. The van der Waals surface area contributed by atoms with Crippen LogP contribution in [-0.2, 0) is 4.79 Å². The zero-order valence-corrected chi connectivity index (χ0v) is 11.1. The zero-order chi connectivity index (χ0) is 13.3. The number of aliphatic hydroxyl groups excluding tert-OH is 1. The molecular formula is C15H20O3. The van der Waals surface area contributed by atoms with Crippen molar-refractivity contribution in [3.05, 3.63) is 29.8 Å². The quantitative estimate of drug-likeness (QED) is 0.874. The maximum Gasteiger partial charge on any atom is 0.141 e. The van der Waals surface area contributed by atoms with E-state index >= 15 is 0 Å². The van der Waals surface area contributed by atoms with Crippen LogP contribution in [0.25, 0.3) is 0 Å². The van der Waals surface area contributed by atoms with E-state index in [1.165, 1.54) is 0 Å². The second-order valence-corrected chi connectivity index (χ2v) is 5.57. The van der Waals surface area contributed by atoms with Gasteiger partial charge in [-0.05, 0) is 30.0 Å². The minimum Gasteiger partial charge on any atom is -0.497 e. The van der Waals surface area contributed by atoms with Crippen molar-refractivity contribution in [1.82, 2.24) is 0 Å². The first-order chi connectivity index (χ1) is 8.45. The first kappa shape index (κ1) is 13.1. The van der Waals surface area contributed by atoms with E-state index in [2.05, 4.69) is 0 Å². The predicted molar refractivity (Wildman–Crippen MR) is 69.8 cm³/mol. The van der Waals surface area contributed by atoms with Crippen molar-refractivity contribution in [3.63, 3.8) is 0 Å². The van der Waals surface area contributed by atoms with Crippen molar-refractivity contribution in [2.75, 3.05) is 7.11 Å². The lowest BCUT2D eigenvalue weighted by atomic mass is 9.68. The second-order valence-electron chi connectivity index (χ2n) is 5.57. The van der Waals surface area contributed by atoms with Gasteiger partial charge in [-0.2, -0.15) is 0 Å². The van der Waals surface area contributed by atoms with Crippen molar-refractivity contribution in [3.8, 4) is 5.75 Å². The van der Waals surface area contributed by atoms with Crippen LogP contribution in [0.3, 0.4) is 0 Å². The average Bonchev–Trinajstić information content (AvgIpc) is 2.36. The fourth-order valence-electron chi connectivity index (χ4n) is 2.45. The van der Waals surface area contributed by atoms with Gasteiger partial charge in [-0.1, -0.05) is 26.0 Å². The van der Waals surface area contributed by atoms with Gasteiger partial charge in [-0.3, -0.25) is 4.79 Å². The fraction of sp³-hybridized carbons (Fsp3) is 0.533. The molecule has 1 aromatic rings. The van der Waals surface area contributed by atoms with Crippen LogP contribution in [0.1, 0.15) is 38.2 Å². The lowest BCUT2D eigenvalue weighted by molar-refractivity contribution is -0.137. The van der Waals surface area contributed by atoms with E-state index in [0.29, 0.717) is 12.8 Å². The van der Waals surface area contributed by atoms with Gasteiger partial charge >= 0.3 is 0 Å². The van der Waals surface area contributed by atoms with Crippen LogP contribution in [0.5, 0.6) is 5.75 Å². The molecule has 1 N–H and O–H groups in total. The summed E-state index contributed by atoms with van der Waals surface area (Å²) in [5.41, 5.74) is 0.488. The molecule has 1 aromatic carbocycles. The third kappa shape index (κ3) is 2.27. The lowest BCUT2D eigenvalue weighted by Crippen LogP contribution is -2.43. The van der Waals surface area contributed by atoms with E-state index in [9.17, 15) is 9.90 Å². The van der Waals surface area contributed by atoms with Gasteiger partial charge in [0.1, 0.15) is 11.5 Å². The molecule has 1 aliphatic carbocycles. The molecule has 98 valence electrons. The summed E-state index contributed by atoms with van der Waals surface area (Å²) >= 11 is 0. The highest BCUT2D eigenvalue weighted by Crippen LogP contribution is 2.40. The Morgan fingerprint density at radius 1 is 1.28 bits per heavy atom. The van der Waals surface area contributed by atoms with E-state index in [4.69, 9.17) is 4.74 Å². The van der Waals surface area contributed by atoms with Crippen LogP contribution in [0.15, 0.2) is 24.3 Å². The van der Waals surface area contributed by atoms with Crippen LogP contribution in [0, 0.1) is 5.41 Å². The molecule has 0 bridgehead atoms. The Bertz CT molecular complexity index is 434. The molecule has 0 amide bonds. The maximum atomic E-state index is 12.0. The number of benzene rings is 1. The van der Waals surface area contributed by atoms with Crippen LogP contribution in [-0.4, -0.2) is 24.1 Å². The summed E-state index contributed by atoms with van der Waals surface area (Å²) in [7, 11) is 1.63. The van der Waals surface area contributed by atoms with E-state index in [1.807, 2.05) is 38.1 Å². The molecule has 2 rings (SSSR count). The first-order valence-corrected chi connectivity index (χ1v) is 6.30. The van der Waals surface area contributed by atoms with E-state index < -0.39 is 11.5 Å². The summed E-state index contributed by atoms with van der Waals surface area (Å²) in [5.74, 6) is 1.07. The number of Topliss-reactive ketones (excluding diaryl/α,β-unsaturated/α-hetero) is 1. The standard InChI is InChI=1S/C15H20O3/c1-15(2)13(16)8-11(9-14(15)17)10-4-6-12(18-3)7-5-10/h4-7,11,13,16H,8-9H2,1-3H3. The molecule has 0 spiro atoms. The number of aliphatic hydroxyl groups is 1. The van der Waals surface area contributed by atoms with Gasteiger partial charge < -0.3 is 9.84 Å². The van der Waals surface area contributed by atoms with Gasteiger partial charge in [-0.25, -0.2) is 0 Å². The van der Waals surface area contributed by atoms with Gasteiger partial charge in [-0.15, -0.1) is 0 Å². The molecule has 1 aliphatic rings. The Balaban J connectivity index is 2.17.